The molecule has 0 fully saturated rings. The van der Waals surface area contributed by atoms with E-state index in [1.807, 2.05) is 0 Å². The minimum absolute atomic E-state index is 0.111. The predicted octanol–water partition coefficient (Wildman–Crippen LogP) is -0.357. The van der Waals surface area contributed by atoms with Crippen molar-refractivity contribution in [3.63, 3.8) is 0 Å². The zero-order valence-electron chi connectivity index (χ0n) is 8.36. The van der Waals surface area contributed by atoms with E-state index in [4.69, 9.17) is 21.0 Å². The molecule has 1 atom stereocenters. The molecule has 0 saturated carbocycles. The number of carboxylic acid groups (broad SMARTS) is 1. The van der Waals surface area contributed by atoms with E-state index in [0.717, 1.165) is 6.08 Å². The lowest BCUT2D eigenvalue weighted by atomic mass is 10.2. The number of carbonyl (C=O) groups excluding carboxylic acids is 2. The monoisotopic (exact) mass is 218 g/mol. The smallest absolute Gasteiger partial charge is 0.322 e. The van der Waals surface area contributed by atoms with Gasteiger partial charge in [-0.15, -0.1) is 0 Å². The van der Waals surface area contributed by atoms with E-state index in [1.165, 1.54) is 0 Å². The molecule has 4 N–H and O–H groups in total. The highest BCUT2D eigenvalue weighted by Gasteiger charge is 2.15. The molecule has 7 nitrogen and oxygen atoms in total. The maximum Gasteiger partial charge on any atom is 0.322 e. The normalized spacial score (nSPS) is 10.3. The zero-order valence-corrected chi connectivity index (χ0v) is 8.36. The van der Waals surface area contributed by atoms with Crippen molar-refractivity contribution in [1.29, 1.82) is 5.41 Å². The largest absolute Gasteiger partial charge is 0.481 e. The third-order valence-corrected chi connectivity index (χ3v) is 1.26. The second-order valence-corrected chi connectivity index (χ2v) is 2.39. The molecule has 0 aliphatic heterocycles. The van der Waals surface area contributed by atoms with Gasteiger partial charge in [0.15, 0.2) is 0 Å². The summed E-state index contributed by atoms with van der Waals surface area (Å²) in [6, 6.07) is -0.818. The molecule has 0 unspecified atom stereocenters. The van der Waals surface area contributed by atoms with Crippen LogP contribution in [0.25, 0.3) is 0 Å². The van der Waals surface area contributed by atoms with Gasteiger partial charge < -0.3 is 15.6 Å². The van der Waals surface area contributed by atoms with E-state index in [2.05, 4.69) is 4.74 Å². The number of esters is 1. The molecule has 0 aromatic carbocycles. The fraction of sp³-hybridized carbons (Fsp3) is 0.625. The van der Waals surface area contributed by atoms with Crippen molar-refractivity contribution in [2.45, 2.75) is 25.8 Å². The second-order valence-electron chi connectivity index (χ2n) is 2.39. The Morgan fingerprint density at radius 1 is 1.60 bits per heavy atom. The Labute approximate surface area is 86.7 Å². The van der Waals surface area contributed by atoms with Gasteiger partial charge in [-0.05, 0) is 13.3 Å². The minimum Gasteiger partial charge on any atom is -0.481 e. The van der Waals surface area contributed by atoms with Crippen LogP contribution in [0.5, 0.6) is 0 Å². The van der Waals surface area contributed by atoms with E-state index >= 15 is 0 Å². The maximum absolute atomic E-state index is 10.8. The predicted molar refractivity (Wildman–Crippen MR) is 49.9 cm³/mol. The molecule has 0 aromatic rings. The molecule has 0 rings (SSSR count). The first-order valence-electron chi connectivity index (χ1n) is 4.17. The van der Waals surface area contributed by atoms with Crippen molar-refractivity contribution in [2.24, 2.45) is 5.73 Å². The third kappa shape index (κ3) is 12.3. The van der Waals surface area contributed by atoms with E-state index in [1.54, 1.807) is 6.92 Å². The van der Waals surface area contributed by atoms with Gasteiger partial charge in [-0.2, -0.15) is 0 Å². The number of aliphatic carboxylic acids is 1. The molecule has 15 heavy (non-hydrogen) atoms. The number of hydrogen-bond donors (Lipinski definition) is 3. The molecule has 0 heterocycles. The molecule has 0 bridgehead atoms. The highest BCUT2D eigenvalue weighted by molar-refractivity contribution is 5.76. The van der Waals surface area contributed by atoms with Gasteiger partial charge in [0.2, 0.25) is 6.08 Å². The Morgan fingerprint density at radius 3 is 2.40 bits per heavy atom. The van der Waals surface area contributed by atoms with Crippen LogP contribution in [0, 0.1) is 5.41 Å². The van der Waals surface area contributed by atoms with Crippen LogP contribution in [-0.2, 0) is 19.1 Å². The van der Waals surface area contributed by atoms with Crippen LogP contribution < -0.4 is 5.73 Å². The van der Waals surface area contributed by atoms with Gasteiger partial charge in [0, 0.05) is 6.42 Å². The topological polar surface area (TPSA) is 131 Å². The fourth-order valence-electron chi connectivity index (χ4n) is 0.646. The lowest BCUT2D eigenvalue weighted by Gasteiger charge is -2.07. The van der Waals surface area contributed by atoms with Gasteiger partial charge in [-0.1, -0.05) is 0 Å². The molecule has 0 saturated heterocycles. The van der Waals surface area contributed by atoms with E-state index in [9.17, 15) is 9.59 Å². The molecule has 7 heteroatoms. The molecule has 0 aliphatic carbocycles. The average molecular weight is 218 g/mol. The summed E-state index contributed by atoms with van der Waals surface area (Å²) in [5.41, 5.74) is 5.31. The van der Waals surface area contributed by atoms with Crippen molar-refractivity contribution in [2.75, 3.05) is 6.61 Å². The molecular formula is C8H14N2O5. The number of nitrogens with two attached hydrogens (primary N) is 1. The SMILES string of the molecule is CCOC(=O)[C@@H](N)CCC(=O)O.N=C=O. The first-order chi connectivity index (χ1) is 6.99. The quantitative estimate of drug-likeness (QED) is 0.328. The molecule has 0 spiro atoms. The van der Waals surface area contributed by atoms with E-state index < -0.39 is 18.0 Å². The van der Waals surface area contributed by atoms with Gasteiger partial charge in [0.25, 0.3) is 0 Å². The van der Waals surface area contributed by atoms with Gasteiger partial charge in [0.1, 0.15) is 6.04 Å². The maximum atomic E-state index is 10.8. The van der Waals surface area contributed by atoms with Crippen LogP contribution in [0.3, 0.4) is 0 Å². The molecule has 0 radical (unpaired) electrons. The summed E-state index contributed by atoms with van der Waals surface area (Å²) in [5.74, 6) is -1.51. The van der Waals surface area contributed by atoms with Crippen molar-refractivity contribution < 1.29 is 24.2 Å². The number of ether oxygens (including phenoxy) is 1. The number of carboxylic acids is 1. The summed E-state index contributed by atoms with van der Waals surface area (Å²) in [7, 11) is 0. The van der Waals surface area contributed by atoms with Gasteiger partial charge in [0.05, 0.1) is 6.61 Å². The Morgan fingerprint density at radius 2 is 2.07 bits per heavy atom. The standard InChI is InChI=1S/C7H13NO4.CHNO/c1-2-12-7(11)5(8)3-4-6(9)10;2-1-3/h5H,2-4,8H2,1H3,(H,9,10);2H/t5-;/m0./s1. The highest BCUT2D eigenvalue weighted by atomic mass is 16.5. The molecule has 0 amide bonds. The summed E-state index contributed by atoms with van der Waals surface area (Å²) in [6.45, 7) is 1.93. The Balaban J connectivity index is 0. The first-order valence-corrected chi connectivity index (χ1v) is 4.17. The second kappa shape index (κ2) is 10.4. The average Bonchev–Trinajstić information content (AvgIpc) is 2.15. The van der Waals surface area contributed by atoms with E-state index in [0.29, 0.717) is 0 Å². The van der Waals surface area contributed by atoms with E-state index in [-0.39, 0.29) is 19.4 Å². The first kappa shape index (κ1) is 15.7. The fourth-order valence-corrected chi connectivity index (χ4v) is 0.646. The Kier molecular flexibility index (Phi) is 10.9. The van der Waals surface area contributed by atoms with Crippen molar-refractivity contribution in [3.05, 3.63) is 0 Å². The summed E-state index contributed by atoms with van der Waals surface area (Å²) in [6.07, 6.45) is 0.758. The van der Waals surface area contributed by atoms with Crippen molar-refractivity contribution >= 4 is 18.0 Å². The number of nitrogens with one attached hydrogen (secondary N) is 1. The van der Waals surface area contributed by atoms with Gasteiger partial charge >= 0.3 is 11.9 Å². The van der Waals surface area contributed by atoms with Crippen LogP contribution in [0.15, 0.2) is 0 Å². The Bertz CT molecular complexity index is 235. The van der Waals surface area contributed by atoms with Crippen LogP contribution in [0.2, 0.25) is 0 Å². The molecule has 0 aliphatic rings. The molecular weight excluding hydrogens is 204 g/mol. The summed E-state index contributed by atoms with van der Waals surface area (Å²) in [4.78, 5) is 29.2. The van der Waals surface area contributed by atoms with Crippen molar-refractivity contribution in [1.82, 2.24) is 0 Å². The van der Waals surface area contributed by atoms with Crippen LogP contribution >= 0.6 is 0 Å². The number of hydrogen-bond acceptors (Lipinski definition) is 6. The third-order valence-electron chi connectivity index (χ3n) is 1.26. The summed E-state index contributed by atoms with van der Waals surface area (Å²) >= 11 is 0. The molecule has 86 valence electrons. The van der Waals surface area contributed by atoms with Gasteiger partial charge in [-0.3, -0.25) is 9.59 Å². The van der Waals surface area contributed by atoms with Crippen LogP contribution in [0.1, 0.15) is 19.8 Å². The number of carbonyl (C=O) groups is 2. The van der Waals surface area contributed by atoms with Crippen LogP contribution in [-0.4, -0.2) is 35.8 Å². The summed E-state index contributed by atoms with van der Waals surface area (Å²) < 4.78 is 4.58. The lowest BCUT2D eigenvalue weighted by Crippen LogP contribution is -2.32. The Hall–Kier alpha value is -1.72. The number of isocyanates is 1. The minimum atomic E-state index is -0.963. The van der Waals surface area contributed by atoms with Crippen LogP contribution in [0.4, 0.5) is 0 Å². The molecule has 0 aromatic heterocycles. The summed E-state index contributed by atoms with van der Waals surface area (Å²) in [5, 5.41) is 13.7. The zero-order chi connectivity index (χ0) is 12.3. The van der Waals surface area contributed by atoms with Crippen molar-refractivity contribution in [3.8, 4) is 0 Å². The number of rotatable bonds is 5. The van der Waals surface area contributed by atoms with Gasteiger partial charge in [-0.25, -0.2) is 10.2 Å². The highest BCUT2D eigenvalue weighted by Crippen LogP contribution is 1.96. The lowest BCUT2D eigenvalue weighted by molar-refractivity contribution is -0.145.